The maximum atomic E-state index is 13.2. The van der Waals surface area contributed by atoms with Gasteiger partial charge in [0.2, 0.25) is 0 Å². The van der Waals surface area contributed by atoms with Crippen molar-refractivity contribution in [2.75, 3.05) is 47.5 Å². The number of hydrogen-bond acceptors (Lipinski definition) is 8. The minimum atomic E-state index is -3.52. The first-order chi connectivity index (χ1) is 11.8. The fourth-order valence-electron chi connectivity index (χ4n) is 3.26. The SMILES string of the molecule is COc1cccc2c1C(P(=O)(OC)OC)CC(P(=O)(OC)OC)N2C. The topological polar surface area (TPSA) is 83.5 Å². The number of benzene rings is 1. The molecule has 10 heteroatoms. The van der Waals surface area contributed by atoms with Crippen molar-refractivity contribution >= 4 is 20.9 Å². The number of rotatable bonds is 7. The van der Waals surface area contributed by atoms with E-state index in [9.17, 15) is 9.13 Å². The van der Waals surface area contributed by atoms with Crippen LogP contribution in [-0.4, -0.2) is 48.4 Å². The summed E-state index contributed by atoms with van der Waals surface area (Å²) in [4.78, 5) is 1.80. The summed E-state index contributed by atoms with van der Waals surface area (Å²) in [5.74, 6) is -0.0856. The van der Waals surface area contributed by atoms with Crippen LogP contribution in [0.2, 0.25) is 0 Å². The molecule has 2 atom stereocenters. The van der Waals surface area contributed by atoms with E-state index in [0.717, 1.165) is 0 Å². The summed E-state index contributed by atoms with van der Waals surface area (Å²) in [5.41, 5.74) is 0.729. The van der Waals surface area contributed by atoms with E-state index in [0.29, 0.717) is 17.0 Å². The summed E-state index contributed by atoms with van der Waals surface area (Å²) < 4.78 is 52.5. The molecule has 2 unspecified atom stereocenters. The molecule has 0 fully saturated rings. The molecule has 142 valence electrons. The molecule has 0 saturated carbocycles. The summed E-state index contributed by atoms with van der Waals surface area (Å²) in [5, 5.41) is 0. The Morgan fingerprint density at radius 1 is 0.960 bits per heavy atom. The number of fused-ring (bicyclic) bond motifs is 1. The third-order valence-corrected chi connectivity index (χ3v) is 9.18. The lowest BCUT2D eigenvalue weighted by Crippen LogP contribution is -2.38. The predicted octanol–water partition coefficient (Wildman–Crippen LogP) is 3.87. The van der Waals surface area contributed by atoms with Gasteiger partial charge in [-0.25, -0.2) is 0 Å². The third-order valence-electron chi connectivity index (χ3n) is 4.62. The monoisotopic (exact) mass is 393 g/mol. The van der Waals surface area contributed by atoms with E-state index in [-0.39, 0.29) is 6.42 Å². The zero-order chi connectivity index (χ0) is 18.8. The lowest BCUT2D eigenvalue weighted by Gasteiger charge is -2.43. The Morgan fingerprint density at radius 3 is 2.00 bits per heavy atom. The molecule has 0 amide bonds. The number of hydrogen-bond donors (Lipinski definition) is 0. The third kappa shape index (κ3) is 3.39. The van der Waals surface area contributed by atoms with Crippen LogP contribution >= 0.6 is 15.2 Å². The van der Waals surface area contributed by atoms with Crippen molar-refractivity contribution in [1.82, 2.24) is 0 Å². The molecule has 0 saturated heterocycles. The van der Waals surface area contributed by atoms with Gasteiger partial charge >= 0.3 is 15.2 Å². The van der Waals surface area contributed by atoms with Crippen LogP contribution in [0.4, 0.5) is 5.69 Å². The van der Waals surface area contributed by atoms with Crippen LogP contribution in [0.1, 0.15) is 17.6 Å². The Morgan fingerprint density at radius 2 is 1.52 bits per heavy atom. The van der Waals surface area contributed by atoms with Crippen LogP contribution in [0, 0.1) is 0 Å². The van der Waals surface area contributed by atoms with E-state index >= 15 is 0 Å². The maximum absolute atomic E-state index is 13.2. The summed E-state index contributed by atoms with van der Waals surface area (Å²) in [7, 11) is 1.67. The maximum Gasteiger partial charge on any atom is 0.352 e. The van der Waals surface area contributed by atoms with Gasteiger partial charge in [0.05, 0.1) is 12.8 Å². The van der Waals surface area contributed by atoms with E-state index in [1.165, 1.54) is 28.4 Å². The molecule has 0 radical (unpaired) electrons. The highest BCUT2D eigenvalue weighted by Gasteiger charge is 2.50. The Labute approximate surface area is 148 Å². The molecule has 2 rings (SSSR count). The minimum absolute atomic E-state index is 0.196. The van der Waals surface area contributed by atoms with Crippen molar-refractivity contribution < 1.29 is 32.0 Å². The van der Waals surface area contributed by atoms with Crippen molar-refractivity contribution in [3.8, 4) is 5.75 Å². The summed E-state index contributed by atoms with van der Waals surface area (Å²) >= 11 is 0. The molecule has 1 aliphatic rings. The van der Waals surface area contributed by atoms with Gasteiger partial charge in [-0.2, -0.15) is 0 Å². The van der Waals surface area contributed by atoms with Crippen molar-refractivity contribution in [3.63, 3.8) is 0 Å². The molecule has 1 aromatic carbocycles. The van der Waals surface area contributed by atoms with Crippen molar-refractivity contribution in [2.45, 2.75) is 17.9 Å². The molecular weight excluding hydrogens is 368 g/mol. The van der Waals surface area contributed by atoms with Gasteiger partial charge in [0.1, 0.15) is 11.5 Å². The number of nitrogens with zero attached hydrogens (tertiary/aromatic N) is 1. The second-order valence-electron chi connectivity index (χ2n) is 5.55. The summed E-state index contributed by atoms with van der Waals surface area (Å²) in [6.45, 7) is 0. The molecule has 0 N–H and O–H groups in total. The quantitative estimate of drug-likeness (QED) is 0.646. The second-order valence-corrected chi connectivity index (χ2v) is 10.4. The highest BCUT2D eigenvalue weighted by atomic mass is 31.2. The van der Waals surface area contributed by atoms with Crippen LogP contribution in [-0.2, 0) is 27.2 Å². The van der Waals surface area contributed by atoms with Gasteiger partial charge in [-0.05, 0) is 18.6 Å². The van der Waals surface area contributed by atoms with Crippen LogP contribution in [0.15, 0.2) is 18.2 Å². The molecule has 1 aromatic rings. The lowest BCUT2D eigenvalue weighted by atomic mass is 10.0. The van der Waals surface area contributed by atoms with Crippen molar-refractivity contribution in [3.05, 3.63) is 23.8 Å². The molecule has 0 spiro atoms. The first-order valence-corrected chi connectivity index (χ1v) is 10.9. The zero-order valence-corrected chi connectivity index (χ0v) is 17.1. The zero-order valence-electron chi connectivity index (χ0n) is 15.3. The first kappa shape index (κ1) is 20.4. The second kappa shape index (κ2) is 7.78. The van der Waals surface area contributed by atoms with E-state index in [2.05, 4.69) is 0 Å². The Bertz CT molecular complexity index is 695. The molecule has 0 aromatic heterocycles. The fraction of sp³-hybridized carbons (Fsp3) is 0.600. The van der Waals surface area contributed by atoms with E-state index in [4.69, 9.17) is 22.8 Å². The molecule has 8 nitrogen and oxygen atoms in total. The Balaban J connectivity index is 2.70. The van der Waals surface area contributed by atoms with Gasteiger partial charge in [-0.1, -0.05) is 6.07 Å². The highest BCUT2D eigenvalue weighted by Crippen LogP contribution is 2.69. The standard InChI is InChI=1S/C15H25NO7P2/c1-16-11-8-7-9-12(19-2)15(11)13(24(17,20-3)21-4)10-14(16)25(18,22-5)23-6/h7-9,13-14H,10H2,1-6H3. The van der Waals surface area contributed by atoms with E-state index < -0.39 is 26.6 Å². The number of methoxy groups -OCH3 is 1. The van der Waals surface area contributed by atoms with Gasteiger partial charge in [0.15, 0.2) is 0 Å². The largest absolute Gasteiger partial charge is 0.496 e. The van der Waals surface area contributed by atoms with Gasteiger partial charge < -0.3 is 27.7 Å². The van der Waals surface area contributed by atoms with Gasteiger partial charge in [-0.15, -0.1) is 0 Å². The summed E-state index contributed by atoms with van der Waals surface area (Å²) in [6.07, 6.45) is 0.196. The Kier molecular flexibility index (Phi) is 6.36. The van der Waals surface area contributed by atoms with Crippen molar-refractivity contribution in [1.29, 1.82) is 0 Å². The Hall–Kier alpha value is -0.880. The molecule has 1 heterocycles. The average Bonchev–Trinajstić information content (AvgIpc) is 2.66. The predicted molar refractivity (Wildman–Crippen MR) is 95.8 cm³/mol. The van der Waals surface area contributed by atoms with Crippen LogP contribution in [0.3, 0.4) is 0 Å². The van der Waals surface area contributed by atoms with Gasteiger partial charge in [-0.3, -0.25) is 9.13 Å². The molecular formula is C15H25NO7P2. The minimum Gasteiger partial charge on any atom is -0.496 e. The molecule has 1 aliphatic heterocycles. The fourth-order valence-corrected chi connectivity index (χ4v) is 6.78. The number of anilines is 1. The van der Waals surface area contributed by atoms with Crippen LogP contribution in [0.25, 0.3) is 0 Å². The number of ether oxygens (including phenoxy) is 1. The highest BCUT2D eigenvalue weighted by molar-refractivity contribution is 7.55. The van der Waals surface area contributed by atoms with Gasteiger partial charge in [0, 0.05) is 46.7 Å². The van der Waals surface area contributed by atoms with Crippen LogP contribution < -0.4 is 9.64 Å². The lowest BCUT2D eigenvalue weighted by molar-refractivity contribution is 0.249. The average molecular weight is 393 g/mol. The van der Waals surface area contributed by atoms with E-state index in [1.807, 2.05) is 12.1 Å². The molecule has 0 bridgehead atoms. The van der Waals surface area contributed by atoms with Gasteiger partial charge in [0.25, 0.3) is 0 Å². The molecule has 0 aliphatic carbocycles. The smallest absolute Gasteiger partial charge is 0.352 e. The summed E-state index contributed by atoms with van der Waals surface area (Å²) in [6, 6.07) is 5.42. The molecule has 25 heavy (non-hydrogen) atoms. The normalized spacial score (nSPS) is 21.1. The van der Waals surface area contributed by atoms with Crippen LogP contribution in [0.5, 0.6) is 5.75 Å². The van der Waals surface area contributed by atoms with Crippen molar-refractivity contribution in [2.24, 2.45) is 0 Å². The first-order valence-electron chi connectivity index (χ1n) is 7.64. The van der Waals surface area contributed by atoms with E-state index in [1.54, 1.807) is 25.1 Å².